The molecule has 38 heavy (non-hydrogen) atoms. The van der Waals surface area contributed by atoms with Crippen molar-refractivity contribution >= 4 is 34.4 Å². The molecule has 2 heterocycles. The highest BCUT2D eigenvalue weighted by molar-refractivity contribution is 8.15. The molecule has 1 aliphatic carbocycles. The number of halogens is 1. The average Bonchev–Trinajstić information content (AvgIpc) is 3.57. The monoisotopic (exact) mass is 544 g/mol. The zero-order valence-corrected chi connectivity index (χ0v) is 23.1. The van der Waals surface area contributed by atoms with Gasteiger partial charge in [-0.2, -0.15) is 0 Å². The van der Waals surface area contributed by atoms with Crippen LogP contribution in [0.3, 0.4) is 0 Å². The summed E-state index contributed by atoms with van der Waals surface area (Å²) in [5.41, 5.74) is 5.30. The van der Waals surface area contributed by atoms with Gasteiger partial charge in [0, 0.05) is 29.8 Å². The summed E-state index contributed by atoms with van der Waals surface area (Å²) in [6.45, 7) is 9.69. The van der Waals surface area contributed by atoms with Gasteiger partial charge in [0.1, 0.15) is 22.4 Å². The maximum atomic E-state index is 15.2. The van der Waals surface area contributed by atoms with Crippen LogP contribution < -0.4 is 21.1 Å². The smallest absolute Gasteiger partial charge is 0.275 e. The highest BCUT2D eigenvalue weighted by atomic mass is 32.2. The number of methoxy groups -OCH3 is 1. The van der Waals surface area contributed by atoms with Gasteiger partial charge in [-0.15, -0.1) is 0 Å². The summed E-state index contributed by atoms with van der Waals surface area (Å²) in [5.74, 6) is -1.18. The van der Waals surface area contributed by atoms with Crippen LogP contribution in [0.2, 0.25) is 0 Å². The number of hydrogen-bond acceptors (Lipinski definition) is 9. The van der Waals surface area contributed by atoms with E-state index in [1.807, 2.05) is 27.7 Å². The number of hydrogen-bond donors (Lipinski definition) is 3. The Kier molecular flexibility index (Phi) is 7.41. The standard InChI is InChI=1S/C26H33FN6O4S/c1-14(13-36-6)37-20-12-29-18(11-30-20)21(34)31-15-7-8-17(27)16(9-15)25(5)19-10-26(19,38-23(28)33-25)22(35)32-24(2,3)4/h7-9,11-12,14,19H,10,13H2,1-6H3,(H2,28,33)(H,31,34)(H,32,35)/t14-,19-,25+,26-/m0/s1. The Hall–Kier alpha value is -3.25. The van der Waals surface area contributed by atoms with Gasteiger partial charge in [0.05, 0.1) is 24.5 Å². The van der Waals surface area contributed by atoms with E-state index in [1.54, 1.807) is 14.0 Å². The molecule has 2 aliphatic rings. The molecule has 2 amide bonds. The van der Waals surface area contributed by atoms with E-state index in [-0.39, 0.29) is 40.2 Å². The molecule has 1 aromatic carbocycles. The summed E-state index contributed by atoms with van der Waals surface area (Å²) in [6.07, 6.45) is 2.92. The zero-order chi connectivity index (χ0) is 27.9. The molecule has 4 rings (SSSR count). The number of carbonyl (C=O) groups excluding carboxylic acids is 2. The van der Waals surface area contributed by atoms with Crippen LogP contribution in [0.15, 0.2) is 35.6 Å². The Bertz CT molecular complexity index is 1270. The second-order valence-corrected chi connectivity index (χ2v) is 12.2. The summed E-state index contributed by atoms with van der Waals surface area (Å²) in [7, 11) is 1.57. The van der Waals surface area contributed by atoms with E-state index < -0.39 is 27.5 Å². The Morgan fingerprint density at radius 1 is 1.29 bits per heavy atom. The minimum Gasteiger partial charge on any atom is -0.471 e. The number of amides is 2. The van der Waals surface area contributed by atoms with Gasteiger partial charge in [-0.3, -0.25) is 14.6 Å². The topological polar surface area (TPSA) is 141 Å². The minimum atomic E-state index is -1.09. The number of amidine groups is 1. The third-order valence-corrected chi connectivity index (χ3v) is 7.75. The maximum absolute atomic E-state index is 15.2. The fourth-order valence-electron chi connectivity index (χ4n) is 4.67. The van der Waals surface area contributed by atoms with Crippen molar-refractivity contribution < 1.29 is 23.5 Å². The van der Waals surface area contributed by atoms with E-state index in [0.29, 0.717) is 18.7 Å². The van der Waals surface area contributed by atoms with Crippen LogP contribution in [0.5, 0.6) is 5.88 Å². The number of benzene rings is 1. The second-order valence-electron chi connectivity index (χ2n) is 10.8. The number of nitrogens with two attached hydrogens (primary N) is 1. The molecular weight excluding hydrogens is 511 g/mol. The number of anilines is 1. The molecule has 1 aliphatic heterocycles. The normalized spacial score (nSPS) is 25.0. The molecular formula is C26H33FN6O4S. The number of carbonyl (C=O) groups is 2. The molecule has 1 saturated carbocycles. The summed E-state index contributed by atoms with van der Waals surface area (Å²) >= 11 is 1.22. The number of aliphatic imine (C=N–C) groups is 1. The fraction of sp³-hybridized carbons (Fsp3) is 0.500. The number of nitrogens with one attached hydrogen (secondary N) is 2. The molecule has 204 valence electrons. The van der Waals surface area contributed by atoms with E-state index >= 15 is 4.39 Å². The molecule has 1 aromatic heterocycles. The van der Waals surface area contributed by atoms with Gasteiger partial charge in [-0.1, -0.05) is 11.8 Å². The number of thioether (sulfide) groups is 1. The van der Waals surface area contributed by atoms with Gasteiger partial charge in [0.15, 0.2) is 5.17 Å². The quantitative estimate of drug-likeness (QED) is 0.460. The van der Waals surface area contributed by atoms with Crippen LogP contribution in [0.25, 0.3) is 0 Å². The number of fused-ring (bicyclic) bond motifs is 1. The molecule has 2 aromatic rings. The van der Waals surface area contributed by atoms with Crippen molar-refractivity contribution in [2.45, 2.75) is 63.0 Å². The first kappa shape index (κ1) is 27.8. The van der Waals surface area contributed by atoms with Crippen LogP contribution >= 0.6 is 11.8 Å². The van der Waals surface area contributed by atoms with E-state index in [2.05, 4.69) is 25.6 Å². The lowest BCUT2D eigenvalue weighted by atomic mass is 9.85. The molecule has 12 heteroatoms. The molecule has 0 saturated heterocycles. The van der Waals surface area contributed by atoms with Crippen molar-refractivity contribution in [2.24, 2.45) is 16.6 Å². The first-order valence-corrected chi connectivity index (χ1v) is 13.0. The van der Waals surface area contributed by atoms with Crippen LogP contribution in [0.4, 0.5) is 10.1 Å². The van der Waals surface area contributed by atoms with Crippen molar-refractivity contribution in [3.63, 3.8) is 0 Å². The summed E-state index contributed by atoms with van der Waals surface area (Å²) < 4.78 is 25.0. The third kappa shape index (κ3) is 5.60. The molecule has 0 bridgehead atoms. The van der Waals surface area contributed by atoms with Crippen LogP contribution in [-0.2, 0) is 15.1 Å². The van der Waals surface area contributed by atoms with E-state index in [4.69, 9.17) is 15.2 Å². The predicted molar refractivity (Wildman–Crippen MR) is 144 cm³/mol. The SMILES string of the molecule is COC[C@H](C)Oc1cnc(C(=O)Nc2ccc(F)c([C@@]3(C)N=C(N)S[C@@]4(C(=O)NC(C)(C)C)C[C@H]43)c2)cn1. The Balaban J connectivity index is 1.54. The van der Waals surface area contributed by atoms with Crippen molar-refractivity contribution in [3.8, 4) is 5.88 Å². The van der Waals surface area contributed by atoms with Crippen LogP contribution in [0, 0.1) is 11.7 Å². The number of nitrogens with zero attached hydrogens (tertiary/aromatic N) is 3. The molecule has 4 atom stereocenters. The highest BCUT2D eigenvalue weighted by Gasteiger charge is 2.70. The minimum absolute atomic E-state index is 0.0604. The van der Waals surface area contributed by atoms with E-state index in [9.17, 15) is 9.59 Å². The van der Waals surface area contributed by atoms with Crippen molar-refractivity contribution in [1.82, 2.24) is 15.3 Å². The zero-order valence-electron chi connectivity index (χ0n) is 22.3. The van der Waals surface area contributed by atoms with Crippen LogP contribution in [-0.4, -0.2) is 57.1 Å². The Morgan fingerprint density at radius 2 is 2.03 bits per heavy atom. The molecule has 10 nitrogen and oxygen atoms in total. The Morgan fingerprint density at radius 3 is 2.66 bits per heavy atom. The van der Waals surface area contributed by atoms with Gasteiger partial charge in [-0.05, 0) is 59.2 Å². The van der Waals surface area contributed by atoms with Gasteiger partial charge < -0.3 is 25.8 Å². The third-order valence-electron chi connectivity index (χ3n) is 6.44. The molecule has 0 unspecified atom stereocenters. The van der Waals surface area contributed by atoms with E-state index in [1.165, 1.54) is 42.4 Å². The number of aromatic nitrogens is 2. The van der Waals surface area contributed by atoms with Gasteiger partial charge in [0.25, 0.3) is 5.91 Å². The highest BCUT2D eigenvalue weighted by Crippen LogP contribution is 2.66. The van der Waals surface area contributed by atoms with Crippen molar-refractivity contribution in [1.29, 1.82) is 0 Å². The maximum Gasteiger partial charge on any atom is 0.275 e. The van der Waals surface area contributed by atoms with Crippen LogP contribution in [0.1, 0.15) is 57.1 Å². The second kappa shape index (κ2) is 10.1. The molecule has 1 fully saturated rings. The lowest BCUT2D eigenvalue weighted by Crippen LogP contribution is -2.50. The predicted octanol–water partition coefficient (Wildman–Crippen LogP) is 3.23. The summed E-state index contributed by atoms with van der Waals surface area (Å²) in [6, 6.07) is 4.25. The Labute approximate surface area is 225 Å². The van der Waals surface area contributed by atoms with Gasteiger partial charge in [0.2, 0.25) is 11.8 Å². The largest absolute Gasteiger partial charge is 0.471 e. The fourth-order valence-corrected chi connectivity index (χ4v) is 6.05. The molecule has 0 radical (unpaired) electrons. The van der Waals surface area contributed by atoms with E-state index in [0.717, 1.165) is 0 Å². The summed E-state index contributed by atoms with van der Waals surface area (Å²) in [4.78, 5) is 38.9. The lowest BCUT2D eigenvalue weighted by molar-refractivity contribution is -0.123. The molecule has 0 spiro atoms. The van der Waals surface area contributed by atoms with Gasteiger partial charge >= 0.3 is 0 Å². The number of rotatable bonds is 8. The van der Waals surface area contributed by atoms with Crippen molar-refractivity contribution in [2.75, 3.05) is 19.0 Å². The average molecular weight is 545 g/mol. The lowest BCUT2D eigenvalue weighted by Gasteiger charge is -2.35. The first-order valence-electron chi connectivity index (χ1n) is 12.2. The summed E-state index contributed by atoms with van der Waals surface area (Å²) in [5, 5.41) is 5.97. The first-order chi connectivity index (χ1) is 17.8. The molecule has 4 N–H and O–H groups in total. The van der Waals surface area contributed by atoms with Gasteiger partial charge in [-0.25, -0.2) is 14.4 Å². The van der Waals surface area contributed by atoms with Crippen molar-refractivity contribution in [3.05, 3.63) is 47.7 Å². The number of ether oxygens (including phenoxy) is 2.